The molecule has 0 amide bonds. The van der Waals surface area contributed by atoms with Gasteiger partial charge >= 0.3 is 0 Å². The standard InChI is InChI=1S/C10H12N4O2/c1-10(2,3)14-11-8-5-4-7(13(15)16)6-9(8)12-14/h4-6H,1-3H3. The Morgan fingerprint density at radius 3 is 2.44 bits per heavy atom. The van der Waals surface area contributed by atoms with E-state index in [0.29, 0.717) is 11.0 Å². The van der Waals surface area contributed by atoms with Gasteiger partial charge in [0.25, 0.3) is 5.69 Å². The van der Waals surface area contributed by atoms with Crippen molar-refractivity contribution in [2.75, 3.05) is 0 Å². The van der Waals surface area contributed by atoms with Crippen molar-refractivity contribution in [1.82, 2.24) is 15.0 Å². The maximum Gasteiger partial charge on any atom is 0.271 e. The van der Waals surface area contributed by atoms with Crippen LogP contribution in [0.25, 0.3) is 11.0 Å². The van der Waals surface area contributed by atoms with Crippen molar-refractivity contribution >= 4 is 16.7 Å². The van der Waals surface area contributed by atoms with E-state index in [4.69, 9.17) is 0 Å². The first-order valence-corrected chi connectivity index (χ1v) is 4.90. The number of rotatable bonds is 1. The molecule has 16 heavy (non-hydrogen) atoms. The number of fused-ring (bicyclic) bond motifs is 1. The van der Waals surface area contributed by atoms with Gasteiger partial charge in [-0.2, -0.15) is 15.0 Å². The fourth-order valence-electron chi connectivity index (χ4n) is 1.32. The Hall–Kier alpha value is -1.98. The van der Waals surface area contributed by atoms with Gasteiger partial charge in [-0.3, -0.25) is 10.1 Å². The van der Waals surface area contributed by atoms with Crippen LogP contribution in [0.5, 0.6) is 0 Å². The summed E-state index contributed by atoms with van der Waals surface area (Å²) in [6, 6.07) is 4.48. The number of non-ortho nitro benzene ring substituents is 1. The molecule has 0 aliphatic rings. The predicted molar refractivity (Wildman–Crippen MR) is 59.2 cm³/mol. The number of nitro groups is 1. The SMILES string of the molecule is CC(C)(C)n1nc2ccc([N+](=O)[O-])cc2n1. The van der Waals surface area contributed by atoms with Crippen LogP contribution in [0.2, 0.25) is 0 Å². The third-order valence-electron chi connectivity index (χ3n) is 2.17. The minimum Gasteiger partial charge on any atom is -0.258 e. The van der Waals surface area contributed by atoms with Gasteiger partial charge in [0.15, 0.2) is 0 Å². The van der Waals surface area contributed by atoms with Gasteiger partial charge in [-0.05, 0) is 26.8 Å². The van der Waals surface area contributed by atoms with E-state index in [1.807, 2.05) is 20.8 Å². The average Bonchev–Trinajstić information content (AvgIpc) is 2.58. The van der Waals surface area contributed by atoms with E-state index in [1.165, 1.54) is 12.1 Å². The molecule has 2 aromatic rings. The fraction of sp³-hybridized carbons (Fsp3) is 0.400. The first-order valence-electron chi connectivity index (χ1n) is 4.90. The molecule has 0 atom stereocenters. The van der Waals surface area contributed by atoms with Gasteiger partial charge in [-0.25, -0.2) is 0 Å². The summed E-state index contributed by atoms with van der Waals surface area (Å²) in [6.07, 6.45) is 0. The summed E-state index contributed by atoms with van der Waals surface area (Å²) in [5.74, 6) is 0. The molecule has 0 aliphatic heterocycles. The van der Waals surface area contributed by atoms with Gasteiger partial charge in [0, 0.05) is 12.1 Å². The zero-order valence-electron chi connectivity index (χ0n) is 9.34. The molecule has 6 heteroatoms. The Kier molecular flexibility index (Phi) is 2.15. The Morgan fingerprint density at radius 1 is 1.25 bits per heavy atom. The molecular formula is C10H12N4O2. The highest BCUT2D eigenvalue weighted by Gasteiger charge is 2.17. The molecule has 0 unspecified atom stereocenters. The summed E-state index contributed by atoms with van der Waals surface area (Å²) in [6.45, 7) is 5.92. The fourth-order valence-corrected chi connectivity index (χ4v) is 1.32. The van der Waals surface area contributed by atoms with Crippen LogP contribution in [0.3, 0.4) is 0 Å². The smallest absolute Gasteiger partial charge is 0.258 e. The molecular weight excluding hydrogens is 208 g/mol. The number of hydrogen-bond donors (Lipinski definition) is 0. The van der Waals surface area contributed by atoms with Crippen molar-refractivity contribution in [3.63, 3.8) is 0 Å². The highest BCUT2D eigenvalue weighted by Crippen LogP contribution is 2.20. The topological polar surface area (TPSA) is 73.8 Å². The van der Waals surface area contributed by atoms with Crippen LogP contribution in [0.1, 0.15) is 20.8 Å². The van der Waals surface area contributed by atoms with Gasteiger partial charge in [0.2, 0.25) is 0 Å². The van der Waals surface area contributed by atoms with Crippen LogP contribution in [-0.4, -0.2) is 19.9 Å². The molecule has 6 nitrogen and oxygen atoms in total. The van der Waals surface area contributed by atoms with Crippen molar-refractivity contribution < 1.29 is 4.92 Å². The maximum absolute atomic E-state index is 10.6. The monoisotopic (exact) mass is 220 g/mol. The highest BCUT2D eigenvalue weighted by molar-refractivity contribution is 5.76. The highest BCUT2D eigenvalue weighted by atomic mass is 16.6. The number of benzene rings is 1. The Bertz CT molecular complexity index is 553. The summed E-state index contributed by atoms with van der Waals surface area (Å²) < 4.78 is 0. The number of aromatic nitrogens is 3. The van der Waals surface area contributed by atoms with Gasteiger partial charge in [0.1, 0.15) is 11.0 Å². The molecule has 1 aromatic heterocycles. The van der Waals surface area contributed by atoms with E-state index in [-0.39, 0.29) is 11.2 Å². The van der Waals surface area contributed by atoms with Crippen molar-refractivity contribution in [3.05, 3.63) is 28.3 Å². The molecule has 0 saturated carbocycles. The lowest BCUT2D eigenvalue weighted by atomic mass is 10.1. The van der Waals surface area contributed by atoms with Crippen molar-refractivity contribution in [1.29, 1.82) is 0 Å². The van der Waals surface area contributed by atoms with Crippen LogP contribution >= 0.6 is 0 Å². The quantitative estimate of drug-likeness (QED) is 0.544. The molecule has 0 spiro atoms. The third-order valence-corrected chi connectivity index (χ3v) is 2.17. The normalized spacial score (nSPS) is 11.9. The van der Waals surface area contributed by atoms with Crippen LogP contribution in [-0.2, 0) is 5.54 Å². The molecule has 2 rings (SSSR count). The van der Waals surface area contributed by atoms with Crippen molar-refractivity contribution in [2.24, 2.45) is 0 Å². The Morgan fingerprint density at radius 2 is 1.88 bits per heavy atom. The van der Waals surface area contributed by atoms with E-state index in [0.717, 1.165) is 0 Å². The zero-order chi connectivity index (χ0) is 11.9. The van der Waals surface area contributed by atoms with Gasteiger partial charge < -0.3 is 0 Å². The number of hydrogen-bond acceptors (Lipinski definition) is 4. The summed E-state index contributed by atoms with van der Waals surface area (Å²) in [5, 5.41) is 19.1. The minimum atomic E-state index is -0.435. The van der Waals surface area contributed by atoms with Crippen LogP contribution < -0.4 is 0 Å². The molecule has 1 aromatic carbocycles. The lowest BCUT2D eigenvalue weighted by Gasteiger charge is -2.16. The third kappa shape index (κ3) is 1.73. The van der Waals surface area contributed by atoms with E-state index < -0.39 is 4.92 Å². The second kappa shape index (κ2) is 3.26. The molecule has 84 valence electrons. The second-order valence-corrected chi connectivity index (χ2v) is 4.59. The largest absolute Gasteiger partial charge is 0.271 e. The molecule has 0 aliphatic carbocycles. The molecule has 1 heterocycles. The summed E-state index contributed by atoms with van der Waals surface area (Å²) in [5.41, 5.74) is 1.02. The molecule has 0 radical (unpaired) electrons. The van der Waals surface area contributed by atoms with Crippen LogP contribution in [0.15, 0.2) is 18.2 Å². The van der Waals surface area contributed by atoms with Gasteiger partial charge in [-0.15, -0.1) is 0 Å². The average molecular weight is 220 g/mol. The van der Waals surface area contributed by atoms with E-state index in [9.17, 15) is 10.1 Å². The van der Waals surface area contributed by atoms with Crippen molar-refractivity contribution in [2.45, 2.75) is 26.3 Å². The van der Waals surface area contributed by atoms with Crippen LogP contribution in [0.4, 0.5) is 5.69 Å². The summed E-state index contributed by atoms with van der Waals surface area (Å²) >= 11 is 0. The summed E-state index contributed by atoms with van der Waals surface area (Å²) in [4.78, 5) is 11.7. The Labute approximate surface area is 92.0 Å². The van der Waals surface area contributed by atoms with E-state index in [1.54, 1.807) is 10.9 Å². The number of nitrogens with zero attached hydrogens (tertiary/aromatic N) is 4. The first-order chi connectivity index (χ1) is 7.38. The first kappa shape index (κ1) is 10.5. The number of nitro benzene ring substituents is 1. The molecule has 0 saturated heterocycles. The minimum absolute atomic E-state index is 0.0356. The van der Waals surface area contributed by atoms with E-state index in [2.05, 4.69) is 10.2 Å². The van der Waals surface area contributed by atoms with Gasteiger partial charge in [0.05, 0.1) is 10.5 Å². The molecule has 0 fully saturated rings. The van der Waals surface area contributed by atoms with Crippen LogP contribution in [0, 0.1) is 10.1 Å². The van der Waals surface area contributed by atoms with E-state index >= 15 is 0 Å². The maximum atomic E-state index is 10.6. The lowest BCUT2D eigenvalue weighted by molar-refractivity contribution is -0.384. The predicted octanol–water partition coefficient (Wildman–Crippen LogP) is 2.09. The molecule has 0 N–H and O–H groups in total. The van der Waals surface area contributed by atoms with Gasteiger partial charge in [-0.1, -0.05) is 0 Å². The summed E-state index contributed by atoms with van der Waals surface area (Å²) in [7, 11) is 0. The molecule has 0 bridgehead atoms. The second-order valence-electron chi connectivity index (χ2n) is 4.59. The zero-order valence-corrected chi connectivity index (χ0v) is 9.34. The van der Waals surface area contributed by atoms with Crippen molar-refractivity contribution in [3.8, 4) is 0 Å². The lowest BCUT2D eigenvalue weighted by Crippen LogP contribution is -2.24. The Balaban J connectivity index is 2.59.